The predicted octanol–water partition coefficient (Wildman–Crippen LogP) is 1.31. The van der Waals surface area contributed by atoms with E-state index < -0.39 is 0 Å². The van der Waals surface area contributed by atoms with Crippen LogP contribution in [0, 0.1) is 5.82 Å². The maximum absolute atomic E-state index is 12.9. The molecule has 1 unspecified atom stereocenters. The molecule has 0 saturated carbocycles. The molecule has 0 aromatic heterocycles. The Kier molecular flexibility index (Phi) is 5.14. The van der Waals surface area contributed by atoms with Crippen LogP contribution in [0.1, 0.15) is 31.2 Å². The Bertz CT molecular complexity index is 597. The Morgan fingerprint density at radius 2 is 1.75 bits per heavy atom. The summed E-state index contributed by atoms with van der Waals surface area (Å²) in [5, 5.41) is 0. The quantitative estimate of drug-likeness (QED) is 0.903. The van der Waals surface area contributed by atoms with Gasteiger partial charge in [-0.25, -0.2) is 4.39 Å². The molecule has 0 spiro atoms. The van der Waals surface area contributed by atoms with Gasteiger partial charge in [0.1, 0.15) is 5.82 Å². The number of carbonyl (C=O) groups is 2. The van der Waals surface area contributed by atoms with E-state index in [4.69, 9.17) is 5.73 Å². The molecule has 5 nitrogen and oxygen atoms in total. The zero-order chi connectivity index (χ0) is 17.1. The number of rotatable bonds is 4. The number of nitrogens with zero attached hydrogens (tertiary/aromatic N) is 2. The molecule has 2 heterocycles. The Balaban J connectivity index is 1.52. The molecule has 1 atom stereocenters. The summed E-state index contributed by atoms with van der Waals surface area (Å²) in [5.41, 5.74) is 6.33. The van der Waals surface area contributed by atoms with Gasteiger partial charge in [0.25, 0.3) is 0 Å². The lowest BCUT2D eigenvalue weighted by atomic mass is 10.0. The first-order valence-electron chi connectivity index (χ1n) is 8.62. The number of hydrogen-bond acceptors (Lipinski definition) is 3. The number of likely N-dealkylation sites (tertiary alicyclic amines) is 2. The number of carbonyl (C=O) groups excluding carboxylic acids is 2. The highest BCUT2D eigenvalue weighted by molar-refractivity contribution is 5.80. The van der Waals surface area contributed by atoms with E-state index in [0.29, 0.717) is 25.6 Å². The molecule has 3 rings (SSSR count). The molecule has 2 aliphatic heterocycles. The Hall–Kier alpha value is -1.95. The summed E-state index contributed by atoms with van der Waals surface area (Å²) in [6.07, 6.45) is 3.91. The van der Waals surface area contributed by atoms with Crippen molar-refractivity contribution in [3.05, 3.63) is 35.6 Å². The summed E-state index contributed by atoms with van der Waals surface area (Å²) in [6, 6.07) is 6.26. The zero-order valence-electron chi connectivity index (χ0n) is 13.8. The van der Waals surface area contributed by atoms with Gasteiger partial charge in [-0.05, 0) is 49.9 Å². The van der Waals surface area contributed by atoms with Gasteiger partial charge in [0.2, 0.25) is 11.8 Å². The normalized spacial score (nSPS) is 22.7. The van der Waals surface area contributed by atoms with Crippen LogP contribution in [0.2, 0.25) is 0 Å². The molecule has 1 aromatic rings. The van der Waals surface area contributed by atoms with Crippen molar-refractivity contribution < 1.29 is 14.0 Å². The third-order valence-electron chi connectivity index (χ3n) is 5.18. The van der Waals surface area contributed by atoms with Gasteiger partial charge in [-0.2, -0.15) is 0 Å². The molecule has 2 amide bonds. The Labute approximate surface area is 141 Å². The minimum absolute atomic E-state index is 0.0768. The summed E-state index contributed by atoms with van der Waals surface area (Å²) >= 11 is 0. The van der Waals surface area contributed by atoms with E-state index in [1.807, 2.05) is 4.90 Å². The van der Waals surface area contributed by atoms with Crippen LogP contribution in [0.3, 0.4) is 0 Å². The van der Waals surface area contributed by atoms with Gasteiger partial charge in [0.05, 0.1) is 12.5 Å². The SMILES string of the molecule is NC(=O)C1CCCN1C1CCN(C(=O)Cc2ccc(F)cc2)CC1. The first kappa shape index (κ1) is 16.9. The van der Waals surface area contributed by atoms with E-state index in [-0.39, 0.29) is 23.7 Å². The van der Waals surface area contributed by atoms with E-state index >= 15 is 0 Å². The number of benzene rings is 1. The van der Waals surface area contributed by atoms with Crippen molar-refractivity contribution in [2.75, 3.05) is 19.6 Å². The van der Waals surface area contributed by atoms with Gasteiger partial charge < -0.3 is 10.6 Å². The maximum atomic E-state index is 12.9. The van der Waals surface area contributed by atoms with Gasteiger partial charge in [-0.3, -0.25) is 14.5 Å². The van der Waals surface area contributed by atoms with Crippen molar-refractivity contribution >= 4 is 11.8 Å². The van der Waals surface area contributed by atoms with Gasteiger partial charge in [-0.15, -0.1) is 0 Å². The third-order valence-corrected chi connectivity index (χ3v) is 5.18. The fraction of sp³-hybridized carbons (Fsp3) is 0.556. The van der Waals surface area contributed by atoms with E-state index in [9.17, 15) is 14.0 Å². The summed E-state index contributed by atoms with van der Waals surface area (Å²) in [4.78, 5) is 28.0. The molecule has 0 bridgehead atoms. The second kappa shape index (κ2) is 7.30. The van der Waals surface area contributed by atoms with Gasteiger partial charge in [-0.1, -0.05) is 12.1 Å². The Morgan fingerprint density at radius 3 is 2.38 bits per heavy atom. The van der Waals surface area contributed by atoms with Crippen LogP contribution in [-0.2, 0) is 16.0 Å². The summed E-state index contributed by atoms with van der Waals surface area (Å²) < 4.78 is 12.9. The van der Waals surface area contributed by atoms with Crippen molar-refractivity contribution in [3.8, 4) is 0 Å². The van der Waals surface area contributed by atoms with Crippen LogP contribution >= 0.6 is 0 Å². The van der Waals surface area contributed by atoms with Crippen molar-refractivity contribution in [1.29, 1.82) is 0 Å². The number of amides is 2. The molecule has 0 radical (unpaired) electrons. The predicted molar refractivity (Wildman–Crippen MR) is 88.6 cm³/mol. The van der Waals surface area contributed by atoms with Crippen molar-refractivity contribution in [2.24, 2.45) is 5.73 Å². The van der Waals surface area contributed by atoms with Crippen LogP contribution in [0.4, 0.5) is 4.39 Å². The average Bonchev–Trinajstić information content (AvgIpc) is 3.07. The summed E-state index contributed by atoms with van der Waals surface area (Å²) in [7, 11) is 0. The molecule has 2 N–H and O–H groups in total. The highest BCUT2D eigenvalue weighted by Crippen LogP contribution is 2.26. The van der Waals surface area contributed by atoms with E-state index in [1.54, 1.807) is 12.1 Å². The lowest BCUT2D eigenvalue weighted by Gasteiger charge is -2.38. The number of nitrogens with two attached hydrogens (primary N) is 1. The number of primary amides is 1. The van der Waals surface area contributed by atoms with Gasteiger partial charge >= 0.3 is 0 Å². The van der Waals surface area contributed by atoms with Crippen molar-refractivity contribution in [3.63, 3.8) is 0 Å². The average molecular weight is 333 g/mol. The monoisotopic (exact) mass is 333 g/mol. The van der Waals surface area contributed by atoms with E-state index in [0.717, 1.165) is 37.8 Å². The molecule has 2 fully saturated rings. The number of piperidine rings is 1. The van der Waals surface area contributed by atoms with Crippen molar-refractivity contribution in [1.82, 2.24) is 9.80 Å². The molecule has 6 heteroatoms. The second-order valence-corrected chi connectivity index (χ2v) is 6.71. The smallest absolute Gasteiger partial charge is 0.234 e. The molecule has 2 saturated heterocycles. The van der Waals surface area contributed by atoms with Crippen LogP contribution in [-0.4, -0.2) is 53.3 Å². The first-order valence-corrected chi connectivity index (χ1v) is 8.62. The van der Waals surface area contributed by atoms with Gasteiger partial charge in [0.15, 0.2) is 0 Å². The molecule has 2 aliphatic rings. The van der Waals surface area contributed by atoms with Crippen LogP contribution in [0.25, 0.3) is 0 Å². The Morgan fingerprint density at radius 1 is 1.08 bits per heavy atom. The minimum Gasteiger partial charge on any atom is -0.368 e. The molecular formula is C18H24FN3O2. The largest absolute Gasteiger partial charge is 0.368 e. The molecule has 24 heavy (non-hydrogen) atoms. The molecule has 0 aliphatic carbocycles. The molecule has 130 valence electrons. The zero-order valence-corrected chi connectivity index (χ0v) is 13.8. The molecule has 1 aromatic carbocycles. The lowest BCUT2D eigenvalue weighted by molar-refractivity contribution is -0.133. The topological polar surface area (TPSA) is 66.6 Å². The fourth-order valence-electron chi connectivity index (χ4n) is 3.87. The number of halogens is 1. The van der Waals surface area contributed by atoms with E-state index in [1.165, 1.54) is 12.1 Å². The highest BCUT2D eigenvalue weighted by atomic mass is 19.1. The second-order valence-electron chi connectivity index (χ2n) is 6.71. The number of hydrogen-bond donors (Lipinski definition) is 1. The molecular weight excluding hydrogens is 309 g/mol. The minimum atomic E-state index is -0.290. The van der Waals surface area contributed by atoms with Crippen LogP contribution < -0.4 is 5.73 Å². The highest BCUT2D eigenvalue weighted by Gasteiger charge is 2.36. The third kappa shape index (κ3) is 3.75. The van der Waals surface area contributed by atoms with Crippen LogP contribution in [0.15, 0.2) is 24.3 Å². The summed E-state index contributed by atoms with van der Waals surface area (Å²) in [5.74, 6) is -0.447. The van der Waals surface area contributed by atoms with Crippen LogP contribution in [0.5, 0.6) is 0 Å². The van der Waals surface area contributed by atoms with E-state index in [2.05, 4.69) is 4.90 Å². The maximum Gasteiger partial charge on any atom is 0.234 e. The first-order chi connectivity index (χ1) is 11.5. The standard InChI is InChI=1S/C18H24FN3O2/c19-14-5-3-13(4-6-14)12-17(23)21-10-7-15(8-11-21)22-9-1-2-16(22)18(20)24/h3-6,15-16H,1-2,7-12H2,(H2,20,24). The summed E-state index contributed by atoms with van der Waals surface area (Å²) in [6.45, 7) is 2.32. The van der Waals surface area contributed by atoms with Gasteiger partial charge in [0, 0.05) is 19.1 Å². The lowest BCUT2D eigenvalue weighted by Crippen LogP contribution is -2.51. The van der Waals surface area contributed by atoms with Crippen molar-refractivity contribution in [2.45, 2.75) is 44.2 Å². The fourth-order valence-corrected chi connectivity index (χ4v) is 3.87.